The molecule has 0 radical (unpaired) electrons. The molecule has 0 amide bonds. The van der Waals surface area contributed by atoms with E-state index in [2.05, 4.69) is 62.2 Å². The van der Waals surface area contributed by atoms with Crippen molar-refractivity contribution in [1.29, 1.82) is 0 Å². The van der Waals surface area contributed by atoms with E-state index < -0.39 is 0 Å². The van der Waals surface area contributed by atoms with Gasteiger partial charge in [-0.15, -0.1) is 0 Å². The molecule has 0 aromatic heterocycles. The molecule has 0 aromatic rings. The first kappa shape index (κ1) is 21.8. The van der Waals surface area contributed by atoms with Crippen LogP contribution < -0.4 is 10.6 Å². The maximum Gasteiger partial charge on any atom is 0.00355 e. The Morgan fingerprint density at radius 1 is 0.727 bits per heavy atom. The average Bonchev–Trinajstić information content (AvgIpc) is 2.44. The van der Waals surface area contributed by atoms with Crippen molar-refractivity contribution in [3.8, 4) is 0 Å². The van der Waals surface area contributed by atoms with Crippen molar-refractivity contribution in [1.82, 2.24) is 20.4 Å². The molecule has 4 nitrogen and oxygen atoms in total. The Kier molecular flexibility index (Phi) is 14.3. The second-order valence-corrected chi connectivity index (χ2v) is 7.15. The summed E-state index contributed by atoms with van der Waals surface area (Å²) in [5, 5.41) is 6.98. The Bertz CT molecular complexity index is 231. The summed E-state index contributed by atoms with van der Waals surface area (Å²) in [4.78, 5) is 4.90. The largest absolute Gasteiger partial charge is 0.317 e. The van der Waals surface area contributed by atoms with E-state index in [0.29, 0.717) is 12.1 Å². The minimum absolute atomic E-state index is 0.607. The van der Waals surface area contributed by atoms with Crippen LogP contribution in [-0.4, -0.2) is 75.2 Å². The van der Waals surface area contributed by atoms with E-state index >= 15 is 0 Å². The fraction of sp³-hybridized carbons (Fsp3) is 1.00. The van der Waals surface area contributed by atoms with Gasteiger partial charge < -0.3 is 20.4 Å². The number of rotatable bonds is 15. The smallest absolute Gasteiger partial charge is 0.00355 e. The standard InChI is InChI=1S/C18H42N4/c1-17(2)20-13-9-12-19-11-7-8-14-21(5)15-10-16-22(6)18(3)4/h17-20H,7-16H2,1-6H3. The Morgan fingerprint density at radius 2 is 1.36 bits per heavy atom. The summed E-state index contributed by atoms with van der Waals surface area (Å²) in [6, 6.07) is 1.27. The van der Waals surface area contributed by atoms with Crippen LogP contribution in [0.15, 0.2) is 0 Å². The monoisotopic (exact) mass is 314 g/mol. The minimum Gasteiger partial charge on any atom is -0.317 e. The first-order chi connectivity index (χ1) is 10.4. The summed E-state index contributed by atoms with van der Waals surface area (Å²) in [6.07, 6.45) is 5.08. The van der Waals surface area contributed by atoms with E-state index in [4.69, 9.17) is 0 Å². The zero-order chi connectivity index (χ0) is 16.8. The highest BCUT2D eigenvalue weighted by Crippen LogP contribution is 1.98. The van der Waals surface area contributed by atoms with Crippen molar-refractivity contribution < 1.29 is 0 Å². The number of unbranched alkanes of at least 4 members (excludes halogenated alkanes) is 1. The summed E-state index contributed by atoms with van der Waals surface area (Å²) in [5.74, 6) is 0. The van der Waals surface area contributed by atoms with Crippen molar-refractivity contribution in [2.24, 2.45) is 0 Å². The lowest BCUT2D eigenvalue weighted by atomic mass is 10.2. The van der Waals surface area contributed by atoms with Crippen molar-refractivity contribution in [2.45, 2.75) is 65.5 Å². The Hall–Kier alpha value is -0.160. The molecule has 0 aliphatic rings. The van der Waals surface area contributed by atoms with Crippen LogP contribution in [0, 0.1) is 0 Å². The molecule has 0 spiro atoms. The third-order valence-corrected chi connectivity index (χ3v) is 4.16. The molecule has 0 rings (SSSR count). The molecule has 0 aliphatic heterocycles. The highest BCUT2D eigenvalue weighted by atomic mass is 15.1. The second-order valence-electron chi connectivity index (χ2n) is 7.15. The van der Waals surface area contributed by atoms with E-state index in [1.807, 2.05) is 0 Å². The van der Waals surface area contributed by atoms with Gasteiger partial charge in [0.05, 0.1) is 0 Å². The fourth-order valence-corrected chi connectivity index (χ4v) is 2.32. The van der Waals surface area contributed by atoms with Crippen molar-refractivity contribution in [2.75, 3.05) is 53.4 Å². The molecule has 0 heterocycles. The maximum absolute atomic E-state index is 3.54. The molecule has 0 saturated carbocycles. The fourth-order valence-electron chi connectivity index (χ4n) is 2.32. The SMILES string of the molecule is CC(C)NCCCNCCCCN(C)CCCN(C)C(C)C. The molecule has 0 unspecified atom stereocenters. The molecule has 0 aliphatic carbocycles. The number of nitrogens with zero attached hydrogens (tertiary/aromatic N) is 2. The Balaban J connectivity index is 3.26. The van der Waals surface area contributed by atoms with Gasteiger partial charge in [0.2, 0.25) is 0 Å². The lowest BCUT2D eigenvalue weighted by molar-refractivity contribution is 0.243. The molecular weight excluding hydrogens is 272 g/mol. The second kappa shape index (κ2) is 14.4. The van der Waals surface area contributed by atoms with Gasteiger partial charge in [-0.2, -0.15) is 0 Å². The van der Waals surface area contributed by atoms with Crippen molar-refractivity contribution in [3.63, 3.8) is 0 Å². The molecule has 0 aromatic carbocycles. The minimum atomic E-state index is 0.607. The molecule has 0 atom stereocenters. The van der Waals surface area contributed by atoms with Gasteiger partial charge in [0, 0.05) is 12.1 Å². The Morgan fingerprint density at radius 3 is 2.00 bits per heavy atom. The third-order valence-electron chi connectivity index (χ3n) is 4.16. The highest BCUT2D eigenvalue weighted by Gasteiger charge is 2.03. The first-order valence-electron chi connectivity index (χ1n) is 9.26. The maximum atomic E-state index is 3.54. The zero-order valence-corrected chi connectivity index (χ0v) is 16.1. The number of nitrogens with one attached hydrogen (secondary N) is 2. The Labute approximate surface area is 140 Å². The summed E-state index contributed by atoms with van der Waals surface area (Å²) in [5.41, 5.74) is 0. The van der Waals surface area contributed by atoms with Crippen LogP contribution in [0.2, 0.25) is 0 Å². The molecule has 134 valence electrons. The average molecular weight is 315 g/mol. The zero-order valence-electron chi connectivity index (χ0n) is 16.1. The highest BCUT2D eigenvalue weighted by molar-refractivity contribution is 4.60. The molecular formula is C18H42N4. The third kappa shape index (κ3) is 14.8. The van der Waals surface area contributed by atoms with Gasteiger partial charge in [-0.25, -0.2) is 0 Å². The quantitative estimate of drug-likeness (QED) is 0.455. The summed E-state index contributed by atoms with van der Waals surface area (Å²) in [6.45, 7) is 16.0. The van der Waals surface area contributed by atoms with Crippen LogP contribution in [0.1, 0.15) is 53.4 Å². The first-order valence-corrected chi connectivity index (χ1v) is 9.26. The van der Waals surface area contributed by atoms with Crippen LogP contribution in [0.5, 0.6) is 0 Å². The van der Waals surface area contributed by atoms with E-state index in [1.165, 1.54) is 45.3 Å². The normalized spacial score (nSPS) is 12.3. The van der Waals surface area contributed by atoms with Crippen LogP contribution >= 0.6 is 0 Å². The number of hydrogen-bond donors (Lipinski definition) is 2. The van der Waals surface area contributed by atoms with Gasteiger partial charge in [0.15, 0.2) is 0 Å². The topological polar surface area (TPSA) is 30.5 Å². The van der Waals surface area contributed by atoms with E-state index in [1.54, 1.807) is 0 Å². The molecule has 22 heavy (non-hydrogen) atoms. The molecule has 0 saturated heterocycles. The van der Waals surface area contributed by atoms with Gasteiger partial charge >= 0.3 is 0 Å². The molecule has 2 N–H and O–H groups in total. The molecule has 4 heteroatoms. The van der Waals surface area contributed by atoms with Crippen molar-refractivity contribution >= 4 is 0 Å². The summed E-state index contributed by atoms with van der Waals surface area (Å²) >= 11 is 0. The van der Waals surface area contributed by atoms with Crippen molar-refractivity contribution in [3.05, 3.63) is 0 Å². The summed E-state index contributed by atoms with van der Waals surface area (Å²) < 4.78 is 0. The van der Waals surface area contributed by atoms with E-state index in [-0.39, 0.29) is 0 Å². The van der Waals surface area contributed by atoms with Gasteiger partial charge in [0.1, 0.15) is 0 Å². The molecule has 0 fully saturated rings. The van der Waals surface area contributed by atoms with E-state index in [0.717, 1.165) is 19.6 Å². The van der Waals surface area contributed by atoms with Gasteiger partial charge in [-0.05, 0) is 92.9 Å². The van der Waals surface area contributed by atoms with Crippen LogP contribution in [0.3, 0.4) is 0 Å². The predicted molar refractivity (Wildman–Crippen MR) is 99.7 cm³/mol. The van der Waals surface area contributed by atoms with Crippen LogP contribution in [-0.2, 0) is 0 Å². The van der Waals surface area contributed by atoms with E-state index in [9.17, 15) is 0 Å². The number of hydrogen-bond acceptors (Lipinski definition) is 4. The lowest BCUT2D eigenvalue weighted by Gasteiger charge is -2.23. The lowest BCUT2D eigenvalue weighted by Crippen LogP contribution is -2.30. The van der Waals surface area contributed by atoms with Crippen LogP contribution in [0.25, 0.3) is 0 Å². The van der Waals surface area contributed by atoms with Gasteiger partial charge in [-0.3, -0.25) is 0 Å². The molecule has 0 bridgehead atoms. The van der Waals surface area contributed by atoms with Gasteiger partial charge in [0.25, 0.3) is 0 Å². The predicted octanol–water partition coefficient (Wildman–Crippen LogP) is 2.41. The summed E-state index contributed by atoms with van der Waals surface area (Å²) in [7, 11) is 4.47. The van der Waals surface area contributed by atoms with Crippen LogP contribution in [0.4, 0.5) is 0 Å². The van der Waals surface area contributed by atoms with Gasteiger partial charge in [-0.1, -0.05) is 13.8 Å².